The zero-order valence-corrected chi connectivity index (χ0v) is 8.99. The standard InChI is InChI=1S/C12H6N2O4/c15-11-8-5-1-3-7-4-2-6-9(10(7)8)12(16)13(11)14(17)18/h1-6H. The Labute approximate surface area is 101 Å². The van der Waals surface area contributed by atoms with Crippen LogP contribution < -0.4 is 0 Å². The van der Waals surface area contributed by atoms with Crippen LogP contribution in [0, 0.1) is 10.1 Å². The average molecular weight is 242 g/mol. The zero-order valence-electron chi connectivity index (χ0n) is 8.99. The van der Waals surface area contributed by atoms with E-state index in [9.17, 15) is 19.7 Å². The highest BCUT2D eigenvalue weighted by Crippen LogP contribution is 2.29. The second-order valence-electron chi connectivity index (χ2n) is 3.87. The van der Waals surface area contributed by atoms with Crippen LogP contribution in [0.4, 0.5) is 0 Å². The smallest absolute Gasteiger partial charge is 0.262 e. The maximum Gasteiger partial charge on any atom is 0.324 e. The van der Waals surface area contributed by atoms with Crippen molar-refractivity contribution in [3.05, 3.63) is 57.6 Å². The fourth-order valence-corrected chi connectivity index (χ4v) is 2.17. The van der Waals surface area contributed by atoms with Gasteiger partial charge >= 0.3 is 11.8 Å². The summed E-state index contributed by atoms with van der Waals surface area (Å²) in [7, 11) is 0. The molecule has 0 N–H and O–H groups in total. The molecule has 0 saturated heterocycles. The fourth-order valence-electron chi connectivity index (χ4n) is 2.17. The van der Waals surface area contributed by atoms with Gasteiger partial charge in [-0.1, -0.05) is 24.3 Å². The fraction of sp³-hybridized carbons (Fsp3) is 0. The van der Waals surface area contributed by atoms with Gasteiger partial charge in [0.2, 0.25) is 0 Å². The van der Waals surface area contributed by atoms with Gasteiger partial charge in [0.05, 0.1) is 11.1 Å². The van der Waals surface area contributed by atoms with Gasteiger partial charge in [-0.3, -0.25) is 9.59 Å². The molecule has 88 valence electrons. The number of benzene rings is 2. The Balaban J connectivity index is 2.42. The van der Waals surface area contributed by atoms with Crippen LogP contribution in [0.5, 0.6) is 0 Å². The molecule has 1 heterocycles. The summed E-state index contributed by atoms with van der Waals surface area (Å²) in [4.78, 5) is 34.6. The Morgan fingerprint density at radius 3 is 1.89 bits per heavy atom. The van der Waals surface area contributed by atoms with Crippen molar-refractivity contribution in [2.45, 2.75) is 0 Å². The van der Waals surface area contributed by atoms with Crippen molar-refractivity contribution in [2.75, 3.05) is 0 Å². The minimum absolute atomic E-state index is 0.0527. The van der Waals surface area contributed by atoms with Crippen molar-refractivity contribution < 1.29 is 14.6 Å². The monoisotopic (exact) mass is 242 g/mol. The molecule has 2 aromatic carbocycles. The first-order valence-corrected chi connectivity index (χ1v) is 5.16. The molecule has 0 spiro atoms. The number of carbonyl (C=O) groups excluding carboxylic acids is 2. The summed E-state index contributed by atoms with van der Waals surface area (Å²) in [6.07, 6.45) is 0. The summed E-state index contributed by atoms with van der Waals surface area (Å²) in [5, 5.41) is 11.1. The minimum Gasteiger partial charge on any atom is -0.262 e. The van der Waals surface area contributed by atoms with Crippen molar-refractivity contribution in [3.8, 4) is 0 Å². The molecule has 0 atom stereocenters. The third-order valence-corrected chi connectivity index (χ3v) is 2.91. The van der Waals surface area contributed by atoms with E-state index in [0.717, 1.165) is 5.39 Å². The molecule has 0 aliphatic carbocycles. The zero-order chi connectivity index (χ0) is 12.9. The SMILES string of the molecule is O=C1c2cccc3cccc(c23)C(=O)N1[N+](=O)[O-]. The molecule has 3 rings (SSSR count). The first kappa shape index (κ1) is 10.4. The van der Waals surface area contributed by atoms with E-state index in [4.69, 9.17) is 0 Å². The van der Waals surface area contributed by atoms with Crippen LogP contribution in [0.1, 0.15) is 20.7 Å². The molecule has 6 nitrogen and oxygen atoms in total. The lowest BCUT2D eigenvalue weighted by molar-refractivity contribution is -0.609. The van der Waals surface area contributed by atoms with Gasteiger partial charge < -0.3 is 0 Å². The number of rotatable bonds is 1. The molecule has 0 bridgehead atoms. The summed E-state index contributed by atoms with van der Waals surface area (Å²) in [5.41, 5.74) is 0.360. The van der Waals surface area contributed by atoms with Gasteiger partial charge in [-0.25, -0.2) is 10.1 Å². The number of nitro groups is 1. The van der Waals surface area contributed by atoms with Gasteiger partial charge in [0, 0.05) is 10.4 Å². The molecule has 6 heteroatoms. The topological polar surface area (TPSA) is 80.5 Å². The maximum absolute atomic E-state index is 11.9. The number of nitrogens with zero attached hydrogens (tertiary/aromatic N) is 2. The van der Waals surface area contributed by atoms with Gasteiger partial charge in [-0.2, -0.15) is 0 Å². The maximum atomic E-state index is 11.9. The van der Waals surface area contributed by atoms with Crippen molar-refractivity contribution in [1.29, 1.82) is 0 Å². The number of amides is 2. The van der Waals surface area contributed by atoms with Crippen LogP contribution in [-0.2, 0) is 0 Å². The van der Waals surface area contributed by atoms with E-state index in [1.54, 1.807) is 24.3 Å². The summed E-state index contributed by atoms with van der Waals surface area (Å²) < 4.78 is 0. The molecule has 1 aliphatic rings. The van der Waals surface area contributed by atoms with Crippen LogP contribution in [-0.4, -0.2) is 21.9 Å². The highest BCUT2D eigenvalue weighted by molar-refractivity contribution is 6.24. The summed E-state index contributed by atoms with van der Waals surface area (Å²) in [5.74, 6) is -1.79. The molecule has 1 aliphatic heterocycles. The predicted molar refractivity (Wildman–Crippen MR) is 61.4 cm³/mol. The van der Waals surface area contributed by atoms with Gasteiger partial charge in [0.1, 0.15) is 0 Å². The summed E-state index contributed by atoms with van der Waals surface area (Å²) in [6, 6.07) is 9.74. The van der Waals surface area contributed by atoms with Gasteiger partial charge in [-0.15, -0.1) is 0 Å². The van der Waals surface area contributed by atoms with E-state index in [-0.39, 0.29) is 16.1 Å². The van der Waals surface area contributed by atoms with Crippen molar-refractivity contribution in [3.63, 3.8) is 0 Å². The molecular weight excluding hydrogens is 236 g/mol. The van der Waals surface area contributed by atoms with E-state index in [0.29, 0.717) is 5.39 Å². The average Bonchev–Trinajstić information content (AvgIpc) is 2.35. The normalized spacial score (nSPS) is 14.1. The molecule has 0 fully saturated rings. The lowest BCUT2D eigenvalue weighted by Crippen LogP contribution is -2.44. The lowest BCUT2D eigenvalue weighted by atomic mass is 9.95. The Morgan fingerprint density at radius 1 is 0.944 bits per heavy atom. The molecule has 2 amide bonds. The number of carbonyl (C=O) groups is 2. The molecule has 0 radical (unpaired) electrons. The van der Waals surface area contributed by atoms with Crippen molar-refractivity contribution in [1.82, 2.24) is 5.01 Å². The number of hydrogen-bond donors (Lipinski definition) is 0. The largest absolute Gasteiger partial charge is 0.324 e. The second kappa shape index (κ2) is 3.36. The van der Waals surface area contributed by atoms with Crippen LogP contribution in [0.15, 0.2) is 36.4 Å². The van der Waals surface area contributed by atoms with Gasteiger partial charge in [0.25, 0.3) is 0 Å². The van der Waals surface area contributed by atoms with E-state index in [1.165, 1.54) is 12.1 Å². The highest BCUT2D eigenvalue weighted by atomic mass is 16.7. The minimum atomic E-state index is -0.987. The van der Waals surface area contributed by atoms with Gasteiger partial charge in [0.15, 0.2) is 5.03 Å². The van der Waals surface area contributed by atoms with E-state index in [1.807, 2.05) is 0 Å². The molecular formula is C12H6N2O4. The van der Waals surface area contributed by atoms with Crippen LogP contribution in [0.25, 0.3) is 10.8 Å². The third-order valence-electron chi connectivity index (χ3n) is 2.91. The Hall–Kier alpha value is -2.76. The quantitative estimate of drug-likeness (QED) is 0.432. The second-order valence-corrected chi connectivity index (χ2v) is 3.87. The van der Waals surface area contributed by atoms with Crippen molar-refractivity contribution >= 4 is 22.6 Å². The number of hydrazine groups is 1. The van der Waals surface area contributed by atoms with Crippen LogP contribution in [0.2, 0.25) is 0 Å². The molecule has 18 heavy (non-hydrogen) atoms. The Bertz CT molecular complexity index is 672. The number of imide groups is 1. The van der Waals surface area contributed by atoms with Crippen LogP contribution >= 0.6 is 0 Å². The molecule has 0 saturated carbocycles. The van der Waals surface area contributed by atoms with Crippen molar-refractivity contribution in [2.24, 2.45) is 0 Å². The molecule has 0 aromatic heterocycles. The third kappa shape index (κ3) is 1.17. The van der Waals surface area contributed by atoms with E-state index < -0.39 is 16.8 Å². The summed E-state index contributed by atoms with van der Waals surface area (Å²) in [6.45, 7) is 0. The highest BCUT2D eigenvalue weighted by Gasteiger charge is 2.40. The van der Waals surface area contributed by atoms with E-state index in [2.05, 4.69) is 0 Å². The molecule has 2 aromatic rings. The Morgan fingerprint density at radius 2 is 1.44 bits per heavy atom. The summed E-state index contributed by atoms with van der Waals surface area (Å²) >= 11 is 0. The first-order chi connectivity index (χ1) is 8.61. The number of hydrogen-bond acceptors (Lipinski definition) is 4. The first-order valence-electron chi connectivity index (χ1n) is 5.16. The molecule has 0 unspecified atom stereocenters. The predicted octanol–water partition coefficient (Wildman–Crippen LogP) is 1.63. The van der Waals surface area contributed by atoms with Crippen LogP contribution in [0.3, 0.4) is 0 Å². The Kier molecular flexibility index (Phi) is 1.94. The van der Waals surface area contributed by atoms with Gasteiger partial charge in [-0.05, 0) is 17.5 Å². The van der Waals surface area contributed by atoms with E-state index >= 15 is 0 Å². The lowest BCUT2D eigenvalue weighted by Gasteiger charge is -2.19.